The van der Waals surface area contributed by atoms with Crippen LogP contribution in [0.1, 0.15) is 12.1 Å². The van der Waals surface area contributed by atoms with Crippen LogP contribution >= 0.6 is 0 Å². The highest BCUT2D eigenvalue weighted by atomic mass is 16.4. The molecule has 3 aromatic rings. The Morgan fingerprint density at radius 2 is 2.11 bits per heavy atom. The molecule has 0 aromatic carbocycles. The number of nitrogens with two attached hydrogens (primary N) is 1. The second kappa shape index (κ2) is 5.57. The third-order valence-electron chi connectivity index (χ3n) is 5.45. The van der Waals surface area contributed by atoms with Crippen molar-refractivity contribution in [3.63, 3.8) is 0 Å². The van der Waals surface area contributed by atoms with Crippen molar-refractivity contribution in [2.24, 2.45) is 0 Å². The minimum atomic E-state index is -0.844. The highest BCUT2D eigenvalue weighted by molar-refractivity contribution is 5.87. The molecule has 1 amide bonds. The zero-order valence-corrected chi connectivity index (χ0v) is 14.8. The summed E-state index contributed by atoms with van der Waals surface area (Å²) in [7, 11) is 0. The number of amides is 1. The lowest BCUT2D eigenvalue weighted by atomic mass is 10.2. The average molecular weight is 365 g/mol. The van der Waals surface area contributed by atoms with Crippen LogP contribution in [0, 0.1) is 6.92 Å². The number of pyridine rings is 2. The lowest BCUT2D eigenvalue weighted by Crippen LogP contribution is -2.48. The van der Waals surface area contributed by atoms with Gasteiger partial charge in [0.25, 0.3) is 0 Å². The molecule has 5 heterocycles. The maximum Gasteiger partial charge on any atom is 0.407 e. The van der Waals surface area contributed by atoms with Crippen molar-refractivity contribution < 1.29 is 9.90 Å². The molecule has 2 saturated heterocycles. The first-order chi connectivity index (χ1) is 13.0. The van der Waals surface area contributed by atoms with Crippen LogP contribution in [0.3, 0.4) is 0 Å². The number of carbonyl (C=O) groups is 1. The molecule has 138 valence electrons. The van der Waals surface area contributed by atoms with Crippen LogP contribution < -0.4 is 10.6 Å². The summed E-state index contributed by atoms with van der Waals surface area (Å²) >= 11 is 0. The van der Waals surface area contributed by atoms with E-state index in [9.17, 15) is 9.90 Å². The van der Waals surface area contributed by atoms with Gasteiger partial charge < -0.3 is 20.6 Å². The first kappa shape index (κ1) is 15.9. The summed E-state index contributed by atoms with van der Waals surface area (Å²) in [4.78, 5) is 24.1. The number of carboxylic acid groups (broad SMARTS) is 1. The zero-order valence-electron chi connectivity index (χ0n) is 14.8. The summed E-state index contributed by atoms with van der Waals surface area (Å²) in [5, 5.41) is 14.5. The molecule has 3 N–H and O–H groups in total. The Morgan fingerprint density at radius 3 is 2.85 bits per heavy atom. The number of fused-ring (bicyclic) bond motifs is 3. The first-order valence-corrected chi connectivity index (χ1v) is 8.86. The second-order valence-corrected chi connectivity index (χ2v) is 7.12. The molecule has 0 saturated carbocycles. The minimum Gasteiger partial charge on any atom is -0.465 e. The van der Waals surface area contributed by atoms with Gasteiger partial charge in [-0.3, -0.25) is 0 Å². The molecule has 2 fully saturated rings. The molecule has 2 bridgehead atoms. The van der Waals surface area contributed by atoms with E-state index in [4.69, 9.17) is 5.73 Å². The maximum absolute atomic E-state index is 11.3. The molecule has 3 aromatic heterocycles. The van der Waals surface area contributed by atoms with E-state index in [2.05, 4.69) is 20.0 Å². The van der Waals surface area contributed by atoms with E-state index in [1.807, 2.05) is 31.2 Å². The molecule has 0 radical (unpaired) electrons. The highest BCUT2D eigenvalue weighted by Gasteiger charge is 2.45. The normalized spacial score (nSPS) is 21.4. The fraction of sp³-hybridized carbons (Fsp3) is 0.333. The van der Waals surface area contributed by atoms with Crippen molar-refractivity contribution in [3.05, 3.63) is 36.2 Å². The predicted molar refractivity (Wildman–Crippen MR) is 100 cm³/mol. The van der Waals surface area contributed by atoms with Crippen molar-refractivity contribution in [2.45, 2.75) is 25.4 Å². The van der Waals surface area contributed by atoms with Gasteiger partial charge in [-0.05, 0) is 31.5 Å². The van der Waals surface area contributed by atoms with Gasteiger partial charge in [0.2, 0.25) is 0 Å². The Labute approximate surface area is 155 Å². The number of hydrogen-bond acceptors (Lipinski definition) is 6. The average Bonchev–Trinajstić information content (AvgIpc) is 3.34. The Bertz CT molecular complexity index is 1060. The summed E-state index contributed by atoms with van der Waals surface area (Å²) in [5.41, 5.74) is 8.49. The number of rotatable bonds is 2. The van der Waals surface area contributed by atoms with Gasteiger partial charge in [-0.1, -0.05) is 0 Å². The van der Waals surface area contributed by atoms with Crippen LogP contribution in [0.15, 0.2) is 30.5 Å². The van der Waals surface area contributed by atoms with Crippen LogP contribution in [0.25, 0.3) is 16.7 Å². The molecule has 9 heteroatoms. The van der Waals surface area contributed by atoms with E-state index in [0.29, 0.717) is 24.6 Å². The second-order valence-electron chi connectivity index (χ2n) is 7.12. The summed E-state index contributed by atoms with van der Waals surface area (Å²) < 4.78 is 1.74. The fourth-order valence-corrected chi connectivity index (χ4v) is 4.17. The largest absolute Gasteiger partial charge is 0.465 e. The van der Waals surface area contributed by atoms with Gasteiger partial charge in [-0.15, -0.1) is 5.10 Å². The molecule has 2 aliphatic heterocycles. The van der Waals surface area contributed by atoms with E-state index in [0.717, 1.165) is 29.0 Å². The Hall–Kier alpha value is -3.36. The SMILES string of the molecule is Cc1ccc2c(N)nn(-c3ccnc(N4C[C@@H]5C[C@H]4CN5C(=O)O)c3)c2n1. The maximum atomic E-state index is 11.3. The number of likely N-dealkylation sites (tertiary alicyclic amines) is 1. The fourth-order valence-electron chi connectivity index (χ4n) is 4.17. The smallest absolute Gasteiger partial charge is 0.407 e. The van der Waals surface area contributed by atoms with Crippen LogP contribution in [0.5, 0.6) is 0 Å². The quantitative estimate of drug-likeness (QED) is 0.710. The van der Waals surface area contributed by atoms with Gasteiger partial charge in [-0.25, -0.2) is 19.4 Å². The van der Waals surface area contributed by atoms with E-state index < -0.39 is 6.09 Å². The van der Waals surface area contributed by atoms with Crippen molar-refractivity contribution in [1.29, 1.82) is 0 Å². The third kappa shape index (κ3) is 2.38. The van der Waals surface area contributed by atoms with Crippen LogP contribution in [-0.4, -0.2) is 61.0 Å². The summed E-state index contributed by atoms with van der Waals surface area (Å²) in [5.74, 6) is 1.26. The van der Waals surface area contributed by atoms with Gasteiger partial charge in [0.05, 0.1) is 23.2 Å². The van der Waals surface area contributed by atoms with Gasteiger partial charge in [0.15, 0.2) is 11.5 Å². The zero-order chi connectivity index (χ0) is 18.7. The summed E-state index contributed by atoms with van der Waals surface area (Å²) in [6.45, 7) is 3.11. The third-order valence-corrected chi connectivity index (χ3v) is 5.45. The number of anilines is 2. The molecule has 9 nitrogen and oxygen atoms in total. The summed E-state index contributed by atoms with van der Waals surface area (Å²) in [6.07, 6.45) is 1.74. The van der Waals surface area contributed by atoms with E-state index >= 15 is 0 Å². The molecule has 5 rings (SSSR count). The van der Waals surface area contributed by atoms with E-state index in [1.165, 1.54) is 4.90 Å². The number of nitrogens with zero attached hydrogens (tertiary/aromatic N) is 6. The van der Waals surface area contributed by atoms with Gasteiger partial charge >= 0.3 is 6.09 Å². The molecule has 2 aliphatic rings. The molecule has 0 aliphatic carbocycles. The van der Waals surface area contributed by atoms with Crippen molar-refractivity contribution in [3.8, 4) is 5.69 Å². The van der Waals surface area contributed by atoms with Gasteiger partial charge in [0.1, 0.15) is 5.82 Å². The number of aromatic nitrogens is 4. The Morgan fingerprint density at radius 1 is 1.26 bits per heavy atom. The predicted octanol–water partition coefficient (Wildman–Crippen LogP) is 1.65. The summed E-state index contributed by atoms with van der Waals surface area (Å²) in [6, 6.07) is 7.87. The number of hydrogen-bond donors (Lipinski definition) is 2. The topological polar surface area (TPSA) is 113 Å². The van der Waals surface area contributed by atoms with Crippen molar-refractivity contribution in [2.75, 3.05) is 23.7 Å². The number of piperazine rings is 1. The number of nitrogen functional groups attached to an aromatic ring is 1. The molecular weight excluding hydrogens is 346 g/mol. The van der Waals surface area contributed by atoms with Crippen LogP contribution in [0.2, 0.25) is 0 Å². The van der Waals surface area contributed by atoms with Gasteiger partial charge in [0, 0.05) is 31.0 Å². The monoisotopic (exact) mass is 365 g/mol. The number of aryl methyl sites for hydroxylation is 1. The highest BCUT2D eigenvalue weighted by Crippen LogP contribution is 2.34. The standard InChI is InChI=1S/C18H19N7O2/c1-10-2-3-14-16(19)22-25(17(14)21-10)11-4-5-20-15(7-11)23-8-13-6-12(23)9-24(13)18(26)27/h2-5,7,12-13H,6,8-9H2,1H3,(H2,19,22)(H,26,27)/t12-,13-/m0/s1. The van der Waals surface area contributed by atoms with Crippen molar-refractivity contribution in [1.82, 2.24) is 24.6 Å². The van der Waals surface area contributed by atoms with Crippen molar-refractivity contribution >= 4 is 28.8 Å². The molecule has 0 spiro atoms. The van der Waals surface area contributed by atoms with Crippen LogP contribution in [0.4, 0.5) is 16.4 Å². The van der Waals surface area contributed by atoms with Crippen LogP contribution in [-0.2, 0) is 0 Å². The molecule has 27 heavy (non-hydrogen) atoms. The van der Waals surface area contributed by atoms with E-state index in [1.54, 1.807) is 10.9 Å². The molecule has 2 atom stereocenters. The lowest BCUT2D eigenvalue weighted by Gasteiger charge is -2.33. The lowest BCUT2D eigenvalue weighted by molar-refractivity contribution is 0.137. The Balaban J connectivity index is 1.51. The molecule has 0 unspecified atom stereocenters. The Kier molecular flexibility index (Phi) is 3.27. The first-order valence-electron chi connectivity index (χ1n) is 8.86. The minimum absolute atomic E-state index is 0.0310. The van der Waals surface area contributed by atoms with E-state index in [-0.39, 0.29) is 12.1 Å². The van der Waals surface area contributed by atoms with Gasteiger partial charge in [-0.2, -0.15) is 0 Å². The molecular formula is C18H19N7O2.